The summed E-state index contributed by atoms with van der Waals surface area (Å²) in [6.07, 6.45) is 3.20. The van der Waals surface area contributed by atoms with Crippen molar-refractivity contribution in [3.05, 3.63) is 23.8 Å². The Labute approximate surface area is 157 Å². The molecule has 2 aromatic rings. The van der Waals surface area contributed by atoms with Crippen LogP contribution in [-0.2, 0) is 9.59 Å². The molecule has 0 unspecified atom stereocenters. The Bertz CT molecular complexity index is 835. The van der Waals surface area contributed by atoms with Crippen LogP contribution in [0.2, 0.25) is 0 Å². The van der Waals surface area contributed by atoms with Crippen LogP contribution in [0.3, 0.4) is 0 Å². The molecule has 1 heterocycles. The third-order valence-corrected chi connectivity index (χ3v) is 5.27. The van der Waals surface area contributed by atoms with Gasteiger partial charge in [-0.2, -0.15) is 0 Å². The largest absolute Gasteiger partial charge is 0.286 e. The Morgan fingerprint density at radius 3 is 2.81 bits per heavy atom. The predicted molar refractivity (Wildman–Crippen MR) is 98.5 cm³/mol. The first-order valence-corrected chi connectivity index (χ1v) is 9.01. The molecule has 1 fully saturated rings. The zero-order chi connectivity index (χ0) is 19.4. The molecule has 144 valence electrons. The van der Waals surface area contributed by atoms with Gasteiger partial charge in [0.2, 0.25) is 12.3 Å². The van der Waals surface area contributed by atoms with Crippen molar-refractivity contribution in [2.45, 2.75) is 39.5 Å². The minimum absolute atomic E-state index is 0.0489. The summed E-state index contributed by atoms with van der Waals surface area (Å²) >= 11 is 0. The number of anilines is 1. The van der Waals surface area contributed by atoms with Crippen molar-refractivity contribution < 1.29 is 14.8 Å². The van der Waals surface area contributed by atoms with Crippen molar-refractivity contribution in [3.8, 4) is 0 Å². The number of nitrogens with one attached hydrogen (secondary N) is 2. The van der Waals surface area contributed by atoms with Gasteiger partial charge in [0, 0.05) is 0 Å². The molecule has 1 aliphatic carbocycles. The molecule has 2 amide bonds. The number of hydrazine groups is 1. The van der Waals surface area contributed by atoms with E-state index < -0.39 is 5.41 Å². The van der Waals surface area contributed by atoms with Crippen molar-refractivity contribution in [1.29, 1.82) is 0 Å². The average Bonchev–Trinajstić information content (AvgIpc) is 2.68. The van der Waals surface area contributed by atoms with E-state index >= 15 is 0 Å². The van der Waals surface area contributed by atoms with Gasteiger partial charge in [0.15, 0.2) is 0 Å². The van der Waals surface area contributed by atoms with E-state index in [9.17, 15) is 14.8 Å². The Kier molecular flexibility index (Phi) is 5.50. The second-order valence-corrected chi connectivity index (χ2v) is 7.32. The fourth-order valence-electron chi connectivity index (χ4n) is 3.52. The van der Waals surface area contributed by atoms with Crippen molar-refractivity contribution in [2.24, 2.45) is 11.3 Å². The summed E-state index contributed by atoms with van der Waals surface area (Å²) in [4.78, 5) is 28.1. The lowest BCUT2D eigenvalue weighted by atomic mass is 9.70. The third kappa shape index (κ3) is 4.13. The van der Waals surface area contributed by atoms with Crippen molar-refractivity contribution in [3.63, 3.8) is 0 Å². The van der Waals surface area contributed by atoms with E-state index in [1.165, 1.54) is 0 Å². The maximum atomic E-state index is 12.9. The Balaban J connectivity index is 1.74. The highest BCUT2D eigenvalue weighted by Gasteiger charge is 2.42. The van der Waals surface area contributed by atoms with E-state index in [2.05, 4.69) is 33.0 Å². The summed E-state index contributed by atoms with van der Waals surface area (Å²) in [7, 11) is 0. The summed E-state index contributed by atoms with van der Waals surface area (Å²) in [5.74, 6) is 0.391. The number of benzene rings is 1. The summed E-state index contributed by atoms with van der Waals surface area (Å²) in [6, 6.07) is 5.62. The van der Waals surface area contributed by atoms with E-state index in [1.807, 2.05) is 25.1 Å². The minimum atomic E-state index is -0.852. The van der Waals surface area contributed by atoms with Gasteiger partial charge in [-0.1, -0.05) is 19.1 Å². The Morgan fingerprint density at radius 2 is 2.11 bits per heavy atom. The monoisotopic (exact) mass is 372 g/mol. The van der Waals surface area contributed by atoms with Crippen LogP contribution in [0.1, 0.15) is 38.2 Å². The summed E-state index contributed by atoms with van der Waals surface area (Å²) in [5.41, 5.74) is 6.82. The number of hydroxylamine groups is 2. The van der Waals surface area contributed by atoms with Crippen LogP contribution < -0.4 is 10.9 Å². The lowest BCUT2D eigenvalue weighted by molar-refractivity contribution is -0.163. The lowest BCUT2D eigenvalue weighted by Gasteiger charge is -2.38. The number of hydrogen-bond donors (Lipinski definition) is 3. The first-order valence-electron chi connectivity index (χ1n) is 9.01. The standard InChI is InChI=1S/C18H24N6O3/c1-12-6-8-18(9-7-12,10-24(27)11-25)16(26)21-23-17-19-15-13(2)4-3-5-14(15)20-22-17/h3-5,11-12,27H,6-10H2,1-2H3,(H,21,26)(H,19,22,23). The zero-order valence-corrected chi connectivity index (χ0v) is 15.5. The molecule has 0 spiro atoms. The van der Waals surface area contributed by atoms with Crippen LogP contribution in [0.25, 0.3) is 11.0 Å². The molecule has 1 aromatic heterocycles. The fourth-order valence-corrected chi connectivity index (χ4v) is 3.52. The zero-order valence-electron chi connectivity index (χ0n) is 15.5. The predicted octanol–water partition coefficient (Wildman–Crippen LogP) is 1.82. The van der Waals surface area contributed by atoms with Gasteiger partial charge in [-0.25, -0.2) is 10.0 Å². The van der Waals surface area contributed by atoms with Gasteiger partial charge in [-0.05, 0) is 50.2 Å². The van der Waals surface area contributed by atoms with Gasteiger partial charge in [0.1, 0.15) is 5.52 Å². The molecule has 27 heavy (non-hydrogen) atoms. The number of aromatic nitrogens is 3. The molecule has 0 saturated heterocycles. The number of amides is 2. The minimum Gasteiger partial charge on any atom is -0.286 e. The molecule has 0 bridgehead atoms. The van der Waals surface area contributed by atoms with Crippen LogP contribution in [0, 0.1) is 18.3 Å². The molecule has 0 aliphatic heterocycles. The average molecular weight is 372 g/mol. The van der Waals surface area contributed by atoms with E-state index in [0.29, 0.717) is 41.3 Å². The van der Waals surface area contributed by atoms with Crippen LogP contribution in [0.4, 0.5) is 5.95 Å². The lowest BCUT2D eigenvalue weighted by Crippen LogP contribution is -2.51. The molecule has 1 aliphatic rings. The van der Waals surface area contributed by atoms with Crippen molar-refractivity contribution in [2.75, 3.05) is 12.0 Å². The SMILES string of the molecule is Cc1cccc2nnc(NNC(=O)C3(CN(O)C=O)CCC(C)CC3)nc12. The number of carbonyl (C=O) groups excluding carboxylic acids is 2. The van der Waals surface area contributed by atoms with Gasteiger partial charge < -0.3 is 0 Å². The van der Waals surface area contributed by atoms with Gasteiger partial charge in [-0.15, -0.1) is 10.2 Å². The molecule has 1 aromatic carbocycles. The second-order valence-electron chi connectivity index (χ2n) is 7.32. The molecule has 9 nitrogen and oxygen atoms in total. The normalized spacial score (nSPS) is 22.3. The summed E-state index contributed by atoms with van der Waals surface area (Å²) in [5, 5.41) is 18.3. The van der Waals surface area contributed by atoms with E-state index in [0.717, 1.165) is 18.4 Å². The quantitative estimate of drug-likeness (QED) is 0.402. The van der Waals surface area contributed by atoms with Crippen LogP contribution in [-0.4, -0.2) is 44.3 Å². The van der Waals surface area contributed by atoms with Gasteiger partial charge in [0.25, 0.3) is 5.95 Å². The van der Waals surface area contributed by atoms with E-state index in [4.69, 9.17) is 0 Å². The summed E-state index contributed by atoms with van der Waals surface area (Å²) in [6.45, 7) is 4.01. The molecule has 0 atom stereocenters. The molecule has 3 rings (SSSR count). The van der Waals surface area contributed by atoms with Crippen LogP contribution in [0.5, 0.6) is 0 Å². The van der Waals surface area contributed by atoms with Gasteiger partial charge in [-0.3, -0.25) is 25.6 Å². The molecular formula is C18H24N6O3. The first-order chi connectivity index (χ1) is 12.9. The highest BCUT2D eigenvalue weighted by Crippen LogP contribution is 2.39. The number of aryl methyl sites for hydroxylation is 1. The Morgan fingerprint density at radius 1 is 1.37 bits per heavy atom. The number of nitrogens with zero attached hydrogens (tertiary/aromatic N) is 4. The smallest absolute Gasteiger partial charge is 0.262 e. The molecule has 1 saturated carbocycles. The molecule has 3 N–H and O–H groups in total. The highest BCUT2D eigenvalue weighted by atomic mass is 16.5. The van der Waals surface area contributed by atoms with Gasteiger partial charge >= 0.3 is 0 Å². The second kappa shape index (κ2) is 7.83. The number of para-hydroxylation sites is 1. The third-order valence-electron chi connectivity index (χ3n) is 5.27. The fraction of sp³-hybridized carbons (Fsp3) is 0.500. The Hall–Kier alpha value is -2.81. The molecular weight excluding hydrogens is 348 g/mol. The number of carbonyl (C=O) groups is 2. The molecule has 9 heteroatoms. The number of fused-ring (bicyclic) bond motifs is 1. The highest BCUT2D eigenvalue weighted by molar-refractivity contribution is 5.84. The van der Waals surface area contributed by atoms with Crippen LogP contribution in [0.15, 0.2) is 18.2 Å². The number of hydrogen-bond acceptors (Lipinski definition) is 7. The maximum Gasteiger partial charge on any atom is 0.262 e. The molecule has 0 radical (unpaired) electrons. The topological polar surface area (TPSA) is 120 Å². The van der Waals surface area contributed by atoms with Crippen molar-refractivity contribution >= 4 is 29.3 Å². The van der Waals surface area contributed by atoms with Crippen LogP contribution >= 0.6 is 0 Å². The summed E-state index contributed by atoms with van der Waals surface area (Å²) < 4.78 is 0. The van der Waals surface area contributed by atoms with Crippen molar-refractivity contribution in [1.82, 2.24) is 25.7 Å². The number of rotatable bonds is 6. The van der Waals surface area contributed by atoms with E-state index in [1.54, 1.807) is 0 Å². The van der Waals surface area contributed by atoms with Gasteiger partial charge in [0.05, 0.1) is 17.5 Å². The first kappa shape index (κ1) is 19.0. The van der Waals surface area contributed by atoms with E-state index in [-0.39, 0.29) is 18.4 Å². The maximum absolute atomic E-state index is 12.9.